The third kappa shape index (κ3) is 3.29. The van der Waals surface area contributed by atoms with Gasteiger partial charge >= 0.3 is 5.97 Å². The second kappa shape index (κ2) is 7.37. The third-order valence-corrected chi connectivity index (χ3v) is 4.07. The molecule has 26 heavy (non-hydrogen) atoms. The molecule has 0 amide bonds. The summed E-state index contributed by atoms with van der Waals surface area (Å²) in [6, 6.07) is 14.8. The lowest BCUT2D eigenvalue weighted by atomic mass is 9.96. The van der Waals surface area contributed by atoms with Crippen molar-refractivity contribution in [3.8, 4) is 0 Å². The predicted octanol–water partition coefficient (Wildman–Crippen LogP) is 3.49. The van der Waals surface area contributed by atoms with Gasteiger partial charge in [-0.15, -0.1) is 5.06 Å². The maximum Gasteiger partial charge on any atom is 0.340 e. The molecule has 1 unspecified atom stereocenters. The quantitative estimate of drug-likeness (QED) is 0.464. The molecule has 134 valence electrons. The van der Waals surface area contributed by atoms with Gasteiger partial charge in [-0.05, 0) is 12.5 Å². The molecule has 0 fully saturated rings. The minimum absolute atomic E-state index is 0.0136. The molecule has 0 aliphatic carbocycles. The van der Waals surface area contributed by atoms with Crippen LogP contribution >= 0.6 is 0 Å². The fourth-order valence-electron chi connectivity index (χ4n) is 2.92. The molecule has 0 saturated heterocycles. The maximum absolute atomic E-state index is 12.6. The lowest BCUT2D eigenvalue weighted by molar-refractivity contribution is -0.384. The zero-order valence-corrected chi connectivity index (χ0v) is 14.4. The van der Waals surface area contributed by atoms with Crippen LogP contribution in [0, 0.1) is 10.1 Å². The molecule has 7 heteroatoms. The number of carbonyl (C=O) groups is 1. The van der Waals surface area contributed by atoms with Gasteiger partial charge in [0.15, 0.2) is 5.76 Å². The Labute approximate surface area is 150 Å². The van der Waals surface area contributed by atoms with E-state index in [2.05, 4.69) is 0 Å². The number of hydrogen-bond donors (Lipinski definition) is 0. The normalized spacial score (nSPS) is 17.1. The van der Waals surface area contributed by atoms with Crippen LogP contribution in [0.15, 0.2) is 60.2 Å². The van der Waals surface area contributed by atoms with E-state index in [9.17, 15) is 14.9 Å². The summed E-state index contributed by atoms with van der Waals surface area (Å²) in [5.74, 6) is -0.0473. The second-order valence-corrected chi connectivity index (χ2v) is 5.72. The molecule has 0 saturated carbocycles. The van der Waals surface area contributed by atoms with E-state index in [1.165, 1.54) is 12.1 Å². The number of non-ortho nitro benzene ring substituents is 1. The average molecular weight is 354 g/mol. The summed E-state index contributed by atoms with van der Waals surface area (Å²) >= 11 is 0. The van der Waals surface area contributed by atoms with Crippen molar-refractivity contribution in [2.45, 2.75) is 13.0 Å². The summed E-state index contributed by atoms with van der Waals surface area (Å²) in [4.78, 5) is 28.9. The fourth-order valence-corrected chi connectivity index (χ4v) is 2.92. The van der Waals surface area contributed by atoms with Gasteiger partial charge in [-0.1, -0.05) is 42.5 Å². The van der Waals surface area contributed by atoms with Gasteiger partial charge in [-0.2, -0.15) is 0 Å². The van der Waals surface area contributed by atoms with Crippen molar-refractivity contribution in [2.24, 2.45) is 0 Å². The predicted molar refractivity (Wildman–Crippen MR) is 94.7 cm³/mol. The third-order valence-electron chi connectivity index (χ3n) is 4.07. The minimum atomic E-state index is -0.523. The van der Waals surface area contributed by atoms with Crippen LogP contribution in [-0.2, 0) is 14.4 Å². The molecule has 3 rings (SSSR count). The Morgan fingerprint density at radius 2 is 1.85 bits per heavy atom. The molecular formula is C19H18N2O5. The number of nitro groups is 1. The Morgan fingerprint density at radius 3 is 2.42 bits per heavy atom. The van der Waals surface area contributed by atoms with Crippen molar-refractivity contribution >= 4 is 17.4 Å². The first-order valence-corrected chi connectivity index (χ1v) is 8.14. The van der Waals surface area contributed by atoms with Gasteiger partial charge in [0, 0.05) is 24.7 Å². The molecule has 1 aliphatic rings. The SMILES string of the molecule is CCOC(=O)C1=C(c2ccccc2)ON(C)C1c1ccc([N+](=O)[O-])cc1. The highest BCUT2D eigenvalue weighted by atomic mass is 16.7. The molecule has 0 spiro atoms. The average Bonchev–Trinajstić information content (AvgIpc) is 3.00. The molecular weight excluding hydrogens is 336 g/mol. The first-order valence-electron chi connectivity index (χ1n) is 8.14. The molecule has 0 N–H and O–H groups in total. The summed E-state index contributed by atoms with van der Waals surface area (Å²) < 4.78 is 5.23. The Balaban J connectivity index is 2.08. The van der Waals surface area contributed by atoms with Gasteiger partial charge in [0.25, 0.3) is 5.69 Å². The number of hydroxylamine groups is 2. The highest BCUT2D eigenvalue weighted by Crippen LogP contribution is 2.41. The molecule has 0 radical (unpaired) electrons. The van der Waals surface area contributed by atoms with Crippen molar-refractivity contribution < 1.29 is 19.3 Å². The number of benzene rings is 2. The summed E-state index contributed by atoms with van der Waals surface area (Å²) in [5.41, 5.74) is 1.81. The number of rotatable bonds is 5. The largest absolute Gasteiger partial charge is 0.462 e. The second-order valence-electron chi connectivity index (χ2n) is 5.72. The van der Waals surface area contributed by atoms with E-state index in [1.807, 2.05) is 30.3 Å². The van der Waals surface area contributed by atoms with E-state index in [0.29, 0.717) is 16.9 Å². The van der Waals surface area contributed by atoms with E-state index < -0.39 is 16.9 Å². The zero-order chi connectivity index (χ0) is 18.7. The van der Waals surface area contributed by atoms with E-state index in [-0.39, 0.29) is 12.3 Å². The molecule has 1 heterocycles. The van der Waals surface area contributed by atoms with Crippen molar-refractivity contribution in [1.82, 2.24) is 5.06 Å². The monoisotopic (exact) mass is 354 g/mol. The first kappa shape index (κ1) is 17.6. The standard InChI is InChI=1S/C19H18N2O5/c1-3-25-19(22)16-17(13-9-11-15(12-10-13)21(23)24)20(2)26-18(16)14-7-5-4-6-8-14/h4-12,17H,3H2,1-2H3. The van der Waals surface area contributed by atoms with Crippen LogP contribution in [0.4, 0.5) is 5.69 Å². The van der Waals surface area contributed by atoms with E-state index >= 15 is 0 Å². The van der Waals surface area contributed by atoms with Crippen LogP contribution in [0.3, 0.4) is 0 Å². The molecule has 2 aromatic carbocycles. The lowest BCUT2D eigenvalue weighted by Crippen LogP contribution is -2.22. The lowest BCUT2D eigenvalue weighted by Gasteiger charge is -2.20. The molecule has 7 nitrogen and oxygen atoms in total. The van der Waals surface area contributed by atoms with Crippen LogP contribution in [0.2, 0.25) is 0 Å². The zero-order valence-electron chi connectivity index (χ0n) is 14.4. The number of likely N-dealkylation sites (N-methyl/N-ethyl adjacent to an activating group) is 1. The molecule has 1 atom stereocenters. The van der Waals surface area contributed by atoms with Gasteiger partial charge in [0.1, 0.15) is 11.6 Å². The van der Waals surface area contributed by atoms with Gasteiger partial charge in [0.05, 0.1) is 11.5 Å². The summed E-state index contributed by atoms with van der Waals surface area (Å²) in [7, 11) is 1.71. The van der Waals surface area contributed by atoms with Gasteiger partial charge in [0.2, 0.25) is 0 Å². The molecule has 2 aromatic rings. The van der Waals surface area contributed by atoms with Gasteiger partial charge < -0.3 is 9.57 Å². The highest BCUT2D eigenvalue weighted by Gasteiger charge is 2.39. The fraction of sp³-hybridized carbons (Fsp3) is 0.211. The molecule has 0 bridgehead atoms. The van der Waals surface area contributed by atoms with E-state index in [1.54, 1.807) is 31.2 Å². The van der Waals surface area contributed by atoms with Crippen molar-refractivity contribution in [2.75, 3.05) is 13.7 Å². The van der Waals surface area contributed by atoms with Gasteiger partial charge in [-0.3, -0.25) is 10.1 Å². The Kier molecular flexibility index (Phi) is 4.99. The number of ether oxygens (including phenoxy) is 1. The summed E-state index contributed by atoms with van der Waals surface area (Å²) in [5, 5.41) is 12.4. The number of hydrogen-bond acceptors (Lipinski definition) is 6. The van der Waals surface area contributed by atoms with E-state index in [0.717, 1.165) is 5.56 Å². The first-order chi connectivity index (χ1) is 12.5. The van der Waals surface area contributed by atoms with Crippen LogP contribution in [0.1, 0.15) is 24.1 Å². The van der Waals surface area contributed by atoms with Crippen molar-refractivity contribution in [1.29, 1.82) is 0 Å². The number of nitro benzene ring substituents is 1. The van der Waals surface area contributed by atoms with Crippen LogP contribution < -0.4 is 0 Å². The Bertz CT molecular complexity index is 846. The molecule has 1 aliphatic heterocycles. The number of carbonyl (C=O) groups excluding carboxylic acids is 1. The number of nitrogens with zero attached hydrogens (tertiary/aromatic N) is 2. The van der Waals surface area contributed by atoms with Crippen LogP contribution in [0.5, 0.6) is 0 Å². The topological polar surface area (TPSA) is 81.9 Å². The highest BCUT2D eigenvalue weighted by molar-refractivity contribution is 5.98. The van der Waals surface area contributed by atoms with Gasteiger partial charge in [-0.25, -0.2) is 4.79 Å². The number of esters is 1. The van der Waals surface area contributed by atoms with Crippen molar-refractivity contribution in [3.05, 3.63) is 81.4 Å². The smallest absolute Gasteiger partial charge is 0.340 e. The summed E-state index contributed by atoms with van der Waals surface area (Å²) in [6.45, 7) is 1.97. The van der Waals surface area contributed by atoms with Crippen LogP contribution in [0.25, 0.3) is 5.76 Å². The van der Waals surface area contributed by atoms with Crippen LogP contribution in [-0.4, -0.2) is 29.6 Å². The van der Waals surface area contributed by atoms with Crippen molar-refractivity contribution in [3.63, 3.8) is 0 Å². The van der Waals surface area contributed by atoms with E-state index in [4.69, 9.17) is 9.57 Å². The minimum Gasteiger partial charge on any atom is -0.462 e. The molecule has 0 aromatic heterocycles. The Hall–Kier alpha value is -3.19. The Morgan fingerprint density at radius 1 is 1.19 bits per heavy atom. The summed E-state index contributed by atoms with van der Waals surface area (Å²) in [6.07, 6.45) is 0. The maximum atomic E-state index is 12.6.